The van der Waals surface area contributed by atoms with Crippen LogP contribution in [-0.2, 0) is 11.3 Å². The number of methoxy groups -OCH3 is 2. The summed E-state index contributed by atoms with van der Waals surface area (Å²) >= 11 is 0. The van der Waals surface area contributed by atoms with E-state index in [-0.39, 0.29) is 12.5 Å². The summed E-state index contributed by atoms with van der Waals surface area (Å²) in [6, 6.07) is 19.0. The molecule has 4 rings (SSSR count). The monoisotopic (exact) mass is 389 g/mol. The van der Waals surface area contributed by atoms with Crippen molar-refractivity contribution in [2.45, 2.75) is 6.54 Å². The Labute approximate surface area is 167 Å². The Bertz CT molecular complexity index is 1170. The number of rotatable bonds is 6. The Balaban J connectivity index is 1.50. The van der Waals surface area contributed by atoms with Crippen LogP contribution in [0.2, 0.25) is 0 Å². The Hall–Kier alpha value is -3.94. The summed E-state index contributed by atoms with van der Waals surface area (Å²) in [7, 11) is 3.13. The van der Waals surface area contributed by atoms with Gasteiger partial charge in [-0.2, -0.15) is 4.80 Å². The number of fused-ring (bicyclic) bond motifs is 1. The minimum absolute atomic E-state index is 0.0521. The molecule has 3 aromatic carbocycles. The number of carbonyl (C=O) groups is 1. The predicted molar refractivity (Wildman–Crippen MR) is 109 cm³/mol. The van der Waals surface area contributed by atoms with Crippen LogP contribution in [0.4, 0.5) is 5.69 Å². The Kier molecular flexibility index (Phi) is 5.07. The third-order valence-electron chi connectivity index (χ3n) is 4.44. The molecule has 0 radical (unpaired) electrons. The van der Waals surface area contributed by atoms with Gasteiger partial charge in [0.25, 0.3) is 0 Å². The van der Waals surface area contributed by atoms with Crippen LogP contribution in [0.25, 0.3) is 22.2 Å². The van der Waals surface area contributed by atoms with Gasteiger partial charge in [-0.25, -0.2) is 0 Å². The fourth-order valence-corrected chi connectivity index (χ4v) is 3.05. The molecule has 1 aromatic heterocycles. The number of amides is 1. The van der Waals surface area contributed by atoms with Gasteiger partial charge in [0.1, 0.15) is 6.54 Å². The molecular formula is C21H19N5O3. The molecule has 4 aromatic rings. The molecule has 0 unspecified atom stereocenters. The van der Waals surface area contributed by atoms with Gasteiger partial charge in [0, 0.05) is 16.6 Å². The summed E-state index contributed by atoms with van der Waals surface area (Å²) in [5.74, 6) is 1.33. The lowest BCUT2D eigenvalue weighted by Crippen LogP contribution is -2.20. The van der Waals surface area contributed by atoms with Crippen LogP contribution >= 0.6 is 0 Å². The molecule has 0 spiro atoms. The van der Waals surface area contributed by atoms with Crippen LogP contribution in [0.15, 0.2) is 60.7 Å². The van der Waals surface area contributed by atoms with Gasteiger partial charge < -0.3 is 14.8 Å². The highest BCUT2D eigenvalue weighted by molar-refractivity contribution is 6.01. The van der Waals surface area contributed by atoms with Crippen molar-refractivity contribution in [3.05, 3.63) is 60.7 Å². The van der Waals surface area contributed by atoms with E-state index in [1.807, 2.05) is 42.5 Å². The van der Waals surface area contributed by atoms with Gasteiger partial charge in [-0.3, -0.25) is 4.79 Å². The van der Waals surface area contributed by atoms with E-state index in [2.05, 4.69) is 20.7 Å². The first-order chi connectivity index (χ1) is 14.2. The first-order valence-electron chi connectivity index (χ1n) is 8.96. The molecule has 0 atom stereocenters. The van der Waals surface area contributed by atoms with E-state index in [4.69, 9.17) is 9.47 Å². The van der Waals surface area contributed by atoms with Gasteiger partial charge in [-0.05, 0) is 34.9 Å². The standard InChI is InChI=1S/C21H19N5O3/c1-28-18-11-10-15(12-19(18)29-2)21-23-25-26(24-21)13-20(27)22-17-9-5-7-14-6-3-4-8-16(14)17/h3-12H,13H2,1-2H3,(H,22,27). The molecule has 0 bridgehead atoms. The molecule has 0 fully saturated rings. The predicted octanol–water partition coefficient (Wildman–Crippen LogP) is 3.15. The third-order valence-corrected chi connectivity index (χ3v) is 4.44. The van der Waals surface area contributed by atoms with Crippen LogP contribution < -0.4 is 14.8 Å². The average molecular weight is 389 g/mol. The first kappa shape index (κ1) is 18.4. The average Bonchev–Trinajstić information content (AvgIpc) is 3.21. The van der Waals surface area contributed by atoms with Crippen molar-refractivity contribution in [1.82, 2.24) is 20.2 Å². The van der Waals surface area contributed by atoms with Crippen LogP contribution in [0.3, 0.4) is 0 Å². The zero-order chi connectivity index (χ0) is 20.2. The third kappa shape index (κ3) is 3.86. The number of aromatic nitrogens is 4. The molecule has 146 valence electrons. The number of hydrogen-bond acceptors (Lipinski definition) is 6. The summed E-state index contributed by atoms with van der Waals surface area (Å²) in [5, 5.41) is 17.2. The van der Waals surface area contributed by atoms with E-state index in [9.17, 15) is 4.79 Å². The van der Waals surface area contributed by atoms with E-state index in [1.54, 1.807) is 32.4 Å². The lowest BCUT2D eigenvalue weighted by molar-refractivity contribution is -0.117. The van der Waals surface area contributed by atoms with Crippen molar-refractivity contribution in [3.63, 3.8) is 0 Å². The number of hydrogen-bond donors (Lipinski definition) is 1. The highest BCUT2D eigenvalue weighted by Crippen LogP contribution is 2.30. The number of carbonyl (C=O) groups excluding carboxylic acids is 1. The molecule has 8 heteroatoms. The highest BCUT2D eigenvalue weighted by Gasteiger charge is 2.13. The van der Waals surface area contributed by atoms with E-state index >= 15 is 0 Å². The van der Waals surface area contributed by atoms with E-state index in [0.717, 1.165) is 16.5 Å². The maximum absolute atomic E-state index is 12.5. The number of nitrogens with one attached hydrogen (secondary N) is 1. The lowest BCUT2D eigenvalue weighted by atomic mass is 10.1. The van der Waals surface area contributed by atoms with Gasteiger partial charge in [-0.15, -0.1) is 10.2 Å². The zero-order valence-electron chi connectivity index (χ0n) is 16.0. The number of nitrogens with zero attached hydrogens (tertiary/aromatic N) is 4. The van der Waals surface area contributed by atoms with Gasteiger partial charge in [0.2, 0.25) is 11.7 Å². The Morgan fingerprint density at radius 2 is 1.79 bits per heavy atom. The Morgan fingerprint density at radius 1 is 1.00 bits per heavy atom. The molecule has 8 nitrogen and oxygen atoms in total. The smallest absolute Gasteiger partial charge is 0.248 e. The number of tetrazole rings is 1. The molecule has 1 N–H and O–H groups in total. The molecular weight excluding hydrogens is 370 g/mol. The van der Waals surface area contributed by atoms with E-state index in [1.165, 1.54) is 4.80 Å². The normalized spacial score (nSPS) is 10.7. The second kappa shape index (κ2) is 7.97. The second-order valence-corrected chi connectivity index (χ2v) is 6.29. The first-order valence-corrected chi connectivity index (χ1v) is 8.96. The lowest BCUT2D eigenvalue weighted by Gasteiger charge is -2.08. The number of anilines is 1. The summed E-state index contributed by atoms with van der Waals surface area (Å²) in [4.78, 5) is 13.7. The summed E-state index contributed by atoms with van der Waals surface area (Å²) in [6.45, 7) is -0.0521. The molecule has 0 aliphatic carbocycles. The maximum atomic E-state index is 12.5. The molecule has 1 heterocycles. The van der Waals surface area contributed by atoms with Gasteiger partial charge in [0.15, 0.2) is 11.5 Å². The van der Waals surface area contributed by atoms with Gasteiger partial charge in [0.05, 0.1) is 14.2 Å². The maximum Gasteiger partial charge on any atom is 0.248 e. The number of ether oxygens (including phenoxy) is 2. The van der Waals surface area contributed by atoms with Crippen LogP contribution in [0, 0.1) is 0 Å². The SMILES string of the molecule is COc1ccc(-c2nnn(CC(=O)Nc3cccc4ccccc34)n2)cc1OC. The topological polar surface area (TPSA) is 91.2 Å². The van der Waals surface area contributed by atoms with Crippen LogP contribution in [-0.4, -0.2) is 40.3 Å². The highest BCUT2D eigenvalue weighted by atomic mass is 16.5. The van der Waals surface area contributed by atoms with Gasteiger partial charge in [-0.1, -0.05) is 36.4 Å². The van der Waals surface area contributed by atoms with Crippen molar-refractivity contribution >= 4 is 22.4 Å². The van der Waals surface area contributed by atoms with Crippen molar-refractivity contribution < 1.29 is 14.3 Å². The minimum Gasteiger partial charge on any atom is -0.493 e. The fourth-order valence-electron chi connectivity index (χ4n) is 3.05. The summed E-state index contributed by atoms with van der Waals surface area (Å²) in [6.07, 6.45) is 0. The van der Waals surface area contributed by atoms with Crippen molar-refractivity contribution in [3.8, 4) is 22.9 Å². The van der Waals surface area contributed by atoms with E-state index < -0.39 is 0 Å². The second-order valence-electron chi connectivity index (χ2n) is 6.29. The summed E-state index contributed by atoms with van der Waals surface area (Å²) in [5.41, 5.74) is 1.46. The van der Waals surface area contributed by atoms with E-state index in [0.29, 0.717) is 22.9 Å². The Morgan fingerprint density at radius 3 is 2.62 bits per heavy atom. The molecule has 0 aliphatic heterocycles. The quantitative estimate of drug-likeness (QED) is 0.545. The minimum atomic E-state index is -0.238. The van der Waals surface area contributed by atoms with Crippen LogP contribution in [0.5, 0.6) is 11.5 Å². The fraction of sp³-hybridized carbons (Fsp3) is 0.143. The van der Waals surface area contributed by atoms with Crippen molar-refractivity contribution in [1.29, 1.82) is 0 Å². The van der Waals surface area contributed by atoms with Crippen LogP contribution in [0.1, 0.15) is 0 Å². The van der Waals surface area contributed by atoms with Crippen molar-refractivity contribution in [2.75, 3.05) is 19.5 Å². The molecule has 0 saturated carbocycles. The zero-order valence-corrected chi connectivity index (χ0v) is 16.0. The molecule has 0 aliphatic rings. The van der Waals surface area contributed by atoms with Crippen molar-refractivity contribution in [2.24, 2.45) is 0 Å². The number of benzene rings is 3. The molecule has 29 heavy (non-hydrogen) atoms. The largest absolute Gasteiger partial charge is 0.493 e. The summed E-state index contributed by atoms with van der Waals surface area (Å²) < 4.78 is 10.5. The van der Waals surface area contributed by atoms with Gasteiger partial charge >= 0.3 is 0 Å². The molecule has 0 saturated heterocycles. The molecule has 1 amide bonds.